The minimum absolute atomic E-state index is 0.127. The molecule has 0 unspecified atom stereocenters. The first kappa shape index (κ1) is 16.9. The maximum atomic E-state index is 11.1. The van der Waals surface area contributed by atoms with Crippen molar-refractivity contribution in [3.8, 4) is 23.2 Å². The van der Waals surface area contributed by atoms with Crippen LogP contribution in [0.25, 0.3) is 11.4 Å². The SMILES string of the molecule is O=C(O)c1cc(C#Cc2ccnc(-c3ccccn3)c2)cc(C(=O)O)c1. The molecule has 6 heteroatoms. The quantitative estimate of drug-likeness (QED) is 0.709. The smallest absolute Gasteiger partial charge is 0.335 e. The number of nitrogens with zero attached hydrogens (tertiary/aromatic N) is 2. The molecule has 0 saturated heterocycles. The summed E-state index contributed by atoms with van der Waals surface area (Å²) < 4.78 is 0. The molecule has 0 fully saturated rings. The molecule has 126 valence electrons. The van der Waals surface area contributed by atoms with E-state index in [1.165, 1.54) is 12.1 Å². The number of aromatic nitrogens is 2. The van der Waals surface area contributed by atoms with E-state index >= 15 is 0 Å². The average molecular weight is 344 g/mol. The Bertz CT molecular complexity index is 1020. The van der Waals surface area contributed by atoms with Crippen LogP contribution in [-0.4, -0.2) is 32.1 Å². The standard InChI is InChI=1S/C20H12N2O4/c23-19(24)15-9-14(10-16(12-15)20(25)26)5-4-13-6-8-22-18(11-13)17-3-1-2-7-21-17/h1-3,6-12H,(H,23,24)(H,25,26). The highest BCUT2D eigenvalue weighted by Crippen LogP contribution is 2.15. The number of carbonyl (C=O) groups is 2. The monoisotopic (exact) mass is 344 g/mol. The van der Waals surface area contributed by atoms with E-state index in [9.17, 15) is 9.59 Å². The highest BCUT2D eigenvalue weighted by Gasteiger charge is 2.10. The molecule has 26 heavy (non-hydrogen) atoms. The van der Waals surface area contributed by atoms with Gasteiger partial charge >= 0.3 is 11.9 Å². The summed E-state index contributed by atoms with van der Waals surface area (Å²) in [7, 11) is 0. The highest BCUT2D eigenvalue weighted by molar-refractivity contribution is 5.94. The van der Waals surface area contributed by atoms with E-state index in [1.807, 2.05) is 18.2 Å². The van der Waals surface area contributed by atoms with Gasteiger partial charge in [0.05, 0.1) is 22.5 Å². The van der Waals surface area contributed by atoms with Gasteiger partial charge in [0.15, 0.2) is 0 Å². The summed E-state index contributed by atoms with van der Waals surface area (Å²) >= 11 is 0. The van der Waals surface area contributed by atoms with Crippen molar-refractivity contribution >= 4 is 11.9 Å². The van der Waals surface area contributed by atoms with Gasteiger partial charge < -0.3 is 10.2 Å². The molecule has 1 aromatic carbocycles. The summed E-state index contributed by atoms with van der Waals surface area (Å²) in [5.41, 5.74) is 2.06. The molecule has 0 amide bonds. The third-order valence-electron chi connectivity index (χ3n) is 3.47. The number of benzene rings is 1. The Hall–Kier alpha value is -3.98. The van der Waals surface area contributed by atoms with Gasteiger partial charge in [-0.15, -0.1) is 0 Å². The number of rotatable bonds is 3. The second kappa shape index (κ2) is 7.28. The minimum Gasteiger partial charge on any atom is -0.478 e. The van der Waals surface area contributed by atoms with Crippen molar-refractivity contribution in [1.82, 2.24) is 9.97 Å². The zero-order valence-electron chi connectivity index (χ0n) is 13.4. The molecule has 0 saturated carbocycles. The largest absolute Gasteiger partial charge is 0.478 e. The first-order valence-corrected chi connectivity index (χ1v) is 7.54. The van der Waals surface area contributed by atoms with Crippen LogP contribution in [0.2, 0.25) is 0 Å². The molecular weight excluding hydrogens is 332 g/mol. The lowest BCUT2D eigenvalue weighted by Crippen LogP contribution is -2.03. The van der Waals surface area contributed by atoms with Crippen molar-refractivity contribution in [2.24, 2.45) is 0 Å². The molecule has 6 nitrogen and oxygen atoms in total. The molecule has 2 heterocycles. The van der Waals surface area contributed by atoms with Gasteiger partial charge in [-0.3, -0.25) is 9.97 Å². The van der Waals surface area contributed by atoms with E-state index in [1.54, 1.807) is 24.5 Å². The van der Waals surface area contributed by atoms with Gasteiger partial charge in [0.25, 0.3) is 0 Å². The van der Waals surface area contributed by atoms with Crippen LogP contribution in [0.15, 0.2) is 60.9 Å². The second-order valence-corrected chi connectivity index (χ2v) is 5.30. The summed E-state index contributed by atoms with van der Waals surface area (Å²) in [6.45, 7) is 0. The van der Waals surface area contributed by atoms with Crippen LogP contribution in [0.5, 0.6) is 0 Å². The van der Waals surface area contributed by atoms with E-state index in [0.29, 0.717) is 22.5 Å². The molecule has 0 spiro atoms. The molecule has 3 aromatic rings. The zero-order valence-corrected chi connectivity index (χ0v) is 13.4. The average Bonchev–Trinajstić information content (AvgIpc) is 2.67. The number of aromatic carboxylic acids is 2. The van der Waals surface area contributed by atoms with Crippen molar-refractivity contribution in [1.29, 1.82) is 0 Å². The second-order valence-electron chi connectivity index (χ2n) is 5.30. The Labute approximate surface area is 148 Å². The van der Waals surface area contributed by atoms with Crippen molar-refractivity contribution in [2.75, 3.05) is 0 Å². The van der Waals surface area contributed by atoms with Crippen LogP contribution in [0, 0.1) is 11.8 Å². The molecule has 0 radical (unpaired) electrons. The zero-order chi connectivity index (χ0) is 18.5. The van der Waals surface area contributed by atoms with Crippen molar-refractivity contribution < 1.29 is 19.8 Å². The van der Waals surface area contributed by atoms with Crippen molar-refractivity contribution in [3.05, 3.63) is 83.2 Å². The van der Waals surface area contributed by atoms with Gasteiger partial charge in [-0.05, 0) is 42.5 Å². The fourth-order valence-corrected chi connectivity index (χ4v) is 2.25. The molecule has 2 N–H and O–H groups in total. The summed E-state index contributed by atoms with van der Waals surface area (Å²) in [6.07, 6.45) is 3.27. The Kier molecular flexibility index (Phi) is 4.72. The highest BCUT2D eigenvalue weighted by atomic mass is 16.4. The van der Waals surface area contributed by atoms with Crippen molar-refractivity contribution in [2.45, 2.75) is 0 Å². The Balaban J connectivity index is 1.97. The lowest BCUT2D eigenvalue weighted by molar-refractivity contribution is 0.0696. The Morgan fingerprint density at radius 3 is 2.00 bits per heavy atom. The summed E-state index contributed by atoms with van der Waals surface area (Å²) in [4.78, 5) is 30.8. The predicted octanol–water partition coefficient (Wildman–Crippen LogP) is 2.94. The third kappa shape index (κ3) is 3.91. The fourth-order valence-electron chi connectivity index (χ4n) is 2.25. The molecule has 2 aromatic heterocycles. The van der Waals surface area contributed by atoms with Crippen LogP contribution >= 0.6 is 0 Å². The van der Waals surface area contributed by atoms with Gasteiger partial charge in [0.2, 0.25) is 0 Å². The van der Waals surface area contributed by atoms with E-state index < -0.39 is 11.9 Å². The number of pyridine rings is 2. The lowest BCUT2D eigenvalue weighted by atomic mass is 10.1. The van der Waals surface area contributed by atoms with E-state index in [4.69, 9.17) is 10.2 Å². The van der Waals surface area contributed by atoms with Gasteiger partial charge in [-0.1, -0.05) is 17.9 Å². The number of hydrogen-bond donors (Lipinski definition) is 2. The maximum Gasteiger partial charge on any atom is 0.335 e. The molecule has 0 aliphatic carbocycles. The number of carboxylic acid groups (broad SMARTS) is 2. The van der Waals surface area contributed by atoms with E-state index in [0.717, 1.165) is 6.07 Å². The predicted molar refractivity (Wildman–Crippen MR) is 93.8 cm³/mol. The Morgan fingerprint density at radius 1 is 0.731 bits per heavy atom. The fraction of sp³-hybridized carbons (Fsp3) is 0. The van der Waals surface area contributed by atoms with Gasteiger partial charge in [0.1, 0.15) is 0 Å². The molecule has 0 aliphatic heterocycles. The van der Waals surface area contributed by atoms with Crippen LogP contribution in [0.1, 0.15) is 31.8 Å². The first-order valence-electron chi connectivity index (χ1n) is 7.54. The Morgan fingerprint density at radius 2 is 1.38 bits per heavy atom. The van der Waals surface area contributed by atoms with Gasteiger partial charge in [-0.2, -0.15) is 0 Å². The molecule has 3 rings (SSSR count). The van der Waals surface area contributed by atoms with Gasteiger partial charge in [-0.25, -0.2) is 9.59 Å². The lowest BCUT2D eigenvalue weighted by Gasteiger charge is -2.01. The minimum atomic E-state index is -1.21. The first-order chi connectivity index (χ1) is 12.5. The van der Waals surface area contributed by atoms with Crippen LogP contribution in [-0.2, 0) is 0 Å². The van der Waals surface area contributed by atoms with Gasteiger partial charge in [0, 0.05) is 23.5 Å². The summed E-state index contributed by atoms with van der Waals surface area (Å²) in [5.74, 6) is 3.28. The molecule has 0 aliphatic rings. The normalized spacial score (nSPS) is 9.85. The number of hydrogen-bond acceptors (Lipinski definition) is 4. The summed E-state index contributed by atoms with van der Waals surface area (Å²) in [5, 5.41) is 18.2. The van der Waals surface area contributed by atoms with Crippen LogP contribution in [0.4, 0.5) is 0 Å². The maximum absolute atomic E-state index is 11.1. The van der Waals surface area contributed by atoms with Crippen LogP contribution < -0.4 is 0 Å². The molecular formula is C20H12N2O4. The third-order valence-corrected chi connectivity index (χ3v) is 3.47. The van der Waals surface area contributed by atoms with Crippen LogP contribution in [0.3, 0.4) is 0 Å². The summed E-state index contributed by atoms with van der Waals surface area (Å²) in [6, 6.07) is 12.7. The van der Waals surface area contributed by atoms with Crippen molar-refractivity contribution in [3.63, 3.8) is 0 Å². The number of carboxylic acids is 2. The van der Waals surface area contributed by atoms with E-state index in [-0.39, 0.29) is 11.1 Å². The molecule has 0 bridgehead atoms. The molecule has 0 atom stereocenters. The topological polar surface area (TPSA) is 100 Å². The van der Waals surface area contributed by atoms with E-state index in [2.05, 4.69) is 21.8 Å².